The van der Waals surface area contributed by atoms with E-state index in [0.29, 0.717) is 0 Å². The van der Waals surface area contributed by atoms with Crippen LogP contribution in [0, 0.1) is 0 Å². The van der Waals surface area contributed by atoms with Gasteiger partial charge in [0.2, 0.25) is 0 Å². The number of rotatable bonds is 6. The normalized spacial score (nSPS) is 12.1. The Morgan fingerprint density at radius 2 is 0.952 bits per heavy atom. The molecule has 3 heteroatoms. The molecule has 0 heterocycles. The molecule has 2 aromatic carbocycles. The Morgan fingerprint density at radius 1 is 0.619 bits per heavy atom. The van der Waals surface area contributed by atoms with Crippen LogP contribution in [0.15, 0.2) is 60.7 Å². The molecule has 0 aliphatic carbocycles. The van der Waals surface area contributed by atoms with Crippen LogP contribution in [-0.4, -0.2) is 20.8 Å². The molecular weight excluding hydrogens is 276 g/mol. The Morgan fingerprint density at radius 3 is 1.24 bits per heavy atom. The van der Waals surface area contributed by atoms with Crippen LogP contribution in [-0.2, 0) is 8.85 Å². The average molecular weight is 300 g/mol. The molecule has 2 aromatic rings. The fourth-order valence-corrected chi connectivity index (χ4v) is 5.97. The van der Waals surface area contributed by atoms with E-state index in [1.54, 1.807) is 0 Å². The molecule has 2 nitrogen and oxygen atoms in total. The smallest absolute Gasteiger partial charge is 0.385 e. The highest BCUT2D eigenvalue weighted by Crippen LogP contribution is 2.14. The van der Waals surface area contributed by atoms with Crippen molar-refractivity contribution in [1.82, 2.24) is 0 Å². The summed E-state index contributed by atoms with van der Waals surface area (Å²) >= 11 is 0. The maximum absolute atomic E-state index is 6.44. The van der Waals surface area contributed by atoms with E-state index in [4.69, 9.17) is 8.85 Å². The van der Waals surface area contributed by atoms with Gasteiger partial charge in [-0.3, -0.25) is 0 Å². The van der Waals surface area contributed by atoms with Crippen LogP contribution in [0.3, 0.4) is 0 Å². The van der Waals surface area contributed by atoms with Gasteiger partial charge in [0.15, 0.2) is 0 Å². The highest BCUT2D eigenvalue weighted by molar-refractivity contribution is 6.92. The Labute approximate surface area is 129 Å². The number of hydrogen-bond donors (Lipinski definition) is 0. The summed E-state index contributed by atoms with van der Waals surface area (Å²) in [4.78, 5) is 0. The third kappa shape index (κ3) is 3.82. The van der Waals surface area contributed by atoms with Crippen LogP contribution < -0.4 is 10.4 Å². The van der Waals surface area contributed by atoms with Gasteiger partial charge in [0.05, 0.1) is 0 Å². The van der Waals surface area contributed by atoms with Gasteiger partial charge < -0.3 is 8.85 Å². The van der Waals surface area contributed by atoms with E-state index in [-0.39, 0.29) is 12.2 Å². The monoisotopic (exact) mass is 300 g/mol. The van der Waals surface area contributed by atoms with Crippen molar-refractivity contribution < 1.29 is 8.85 Å². The van der Waals surface area contributed by atoms with Gasteiger partial charge in [-0.05, 0) is 38.1 Å². The van der Waals surface area contributed by atoms with Gasteiger partial charge in [0, 0.05) is 12.2 Å². The second-order valence-electron chi connectivity index (χ2n) is 5.68. The lowest BCUT2D eigenvalue weighted by atomic mass is 10.4. The maximum Gasteiger partial charge on any atom is 0.407 e. The van der Waals surface area contributed by atoms with Gasteiger partial charge in [0.1, 0.15) is 0 Å². The van der Waals surface area contributed by atoms with Crippen LogP contribution in [0.2, 0.25) is 0 Å². The van der Waals surface area contributed by atoms with Crippen molar-refractivity contribution >= 4 is 18.9 Å². The quantitative estimate of drug-likeness (QED) is 0.763. The molecule has 0 aliphatic heterocycles. The lowest BCUT2D eigenvalue weighted by molar-refractivity contribution is 0.125. The van der Waals surface area contributed by atoms with Crippen LogP contribution in [0.25, 0.3) is 0 Å². The van der Waals surface area contributed by atoms with Gasteiger partial charge in [-0.25, -0.2) is 0 Å². The summed E-state index contributed by atoms with van der Waals surface area (Å²) in [5.74, 6) is 0. The number of benzene rings is 2. The summed E-state index contributed by atoms with van der Waals surface area (Å²) in [6.07, 6.45) is 0.214. The highest BCUT2D eigenvalue weighted by Gasteiger charge is 2.44. The standard InChI is InChI=1S/C18H24O2Si/c1-15(2)19-21(20-16(3)4,17-11-7-5-8-12-17)18-13-9-6-10-14-18/h5-16H,1-4H3. The van der Waals surface area contributed by atoms with Gasteiger partial charge in [0.25, 0.3) is 0 Å². The minimum absolute atomic E-state index is 0.107. The SMILES string of the molecule is CC(C)O[Si](OC(C)C)(c1ccccc1)c1ccccc1. The number of hydrogen-bond acceptors (Lipinski definition) is 2. The van der Waals surface area contributed by atoms with E-state index in [2.05, 4.69) is 52.0 Å². The Bertz CT molecular complexity index is 486. The summed E-state index contributed by atoms with van der Waals surface area (Å²) in [5, 5.41) is 2.30. The van der Waals surface area contributed by atoms with Crippen LogP contribution in [0.5, 0.6) is 0 Å². The molecule has 0 saturated carbocycles. The third-order valence-electron chi connectivity index (χ3n) is 3.11. The molecule has 112 valence electrons. The summed E-state index contributed by atoms with van der Waals surface area (Å²) in [7, 11) is -2.67. The molecule has 0 fully saturated rings. The summed E-state index contributed by atoms with van der Waals surface area (Å²) in [6.45, 7) is 8.27. The van der Waals surface area contributed by atoms with Crippen LogP contribution >= 0.6 is 0 Å². The molecule has 0 aromatic heterocycles. The maximum atomic E-state index is 6.44. The molecule has 0 N–H and O–H groups in total. The van der Waals surface area contributed by atoms with Crippen LogP contribution in [0.1, 0.15) is 27.7 Å². The largest absolute Gasteiger partial charge is 0.407 e. The topological polar surface area (TPSA) is 18.5 Å². The zero-order valence-electron chi connectivity index (χ0n) is 13.2. The molecule has 21 heavy (non-hydrogen) atoms. The first-order chi connectivity index (χ1) is 10.0. The van der Waals surface area contributed by atoms with E-state index in [0.717, 1.165) is 10.4 Å². The van der Waals surface area contributed by atoms with E-state index < -0.39 is 8.56 Å². The van der Waals surface area contributed by atoms with Crippen molar-refractivity contribution in [1.29, 1.82) is 0 Å². The Kier molecular flexibility index (Phi) is 5.34. The van der Waals surface area contributed by atoms with E-state index >= 15 is 0 Å². The van der Waals surface area contributed by atoms with Gasteiger partial charge >= 0.3 is 8.56 Å². The predicted octanol–water partition coefficient (Wildman–Crippen LogP) is 3.09. The van der Waals surface area contributed by atoms with Crippen molar-refractivity contribution in [3.8, 4) is 0 Å². The molecule has 0 unspecified atom stereocenters. The highest BCUT2D eigenvalue weighted by atomic mass is 28.4. The molecular formula is C18H24O2Si. The zero-order valence-corrected chi connectivity index (χ0v) is 14.2. The molecule has 0 aliphatic rings. The molecule has 0 bridgehead atoms. The van der Waals surface area contributed by atoms with Crippen molar-refractivity contribution in [2.45, 2.75) is 39.9 Å². The summed E-state index contributed by atoms with van der Waals surface area (Å²) < 4.78 is 12.9. The fraction of sp³-hybridized carbons (Fsp3) is 0.333. The molecule has 0 spiro atoms. The average Bonchev–Trinajstić information content (AvgIpc) is 2.47. The van der Waals surface area contributed by atoms with E-state index in [1.807, 2.05) is 36.4 Å². The molecule has 2 rings (SSSR count). The van der Waals surface area contributed by atoms with Crippen molar-refractivity contribution in [2.24, 2.45) is 0 Å². The van der Waals surface area contributed by atoms with Gasteiger partial charge in [-0.15, -0.1) is 0 Å². The lowest BCUT2D eigenvalue weighted by Gasteiger charge is -2.34. The van der Waals surface area contributed by atoms with Crippen molar-refractivity contribution in [3.05, 3.63) is 60.7 Å². The minimum Gasteiger partial charge on any atom is -0.385 e. The lowest BCUT2D eigenvalue weighted by Crippen LogP contribution is -2.65. The summed E-state index contributed by atoms with van der Waals surface area (Å²) in [6, 6.07) is 20.7. The van der Waals surface area contributed by atoms with E-state index in [9.17, 15) is 0 Å². The third-order valence-corrected chi connectivity index (χ3v) is 6.90. The molecule has 0 saturated heterocycles. The van der Waals surface area contributed by atoms with Gasteiger partial charge in [-0.1, -0.05) is 60.7 Å². The summed E-state index contributed by atoms with van der Waals surface area (Å²) in [5.41, 5.74) is 0. The Balaban J connectivity index is 2.59. The first-order valence-electron chi connectivity index (χ1n) is 7.51. The molecule has 0 radical (unpaired) electrons. The predicted molar refractivity (Wildman–Crippen MR) is 90.3 cm³/mol. The van der Waals surface area contributed by atoms with Crippen LogP contribution in [0.4, 0.5) is 0 Å². The van der Waals surface area contributed by atoms with E-state index in [1.165, 1.54) is 0 Å². The van der Waals surface area contributed by atoms with Crippen molar-refractivity contribution in [2.75, 3.05) is 0 Å². The first-order valence-corrected chi connectivity index (χ1v) is 9.33. The zero-order chi connectivity index (χ0) is 15.3. The second kappa shape index (κ2) is 7.03. The molecule has 0 atom stereocenters. The minimum atomic E-state index is -2.67. The Hall–Kier alpha value is -1.42. The van der Waals surface area contributed by atoms with Gasteiger partial charge in [-0.2, -0.15) is 0 Å². The first kappa shape index (κ1) is 16.0. The molecule has 0 amide bonds. The second-order valence-corrected chi connectivity index (χ2v) is 8.54. The van der Waals surface area contributed by atoms with Crippen molar-refractivity contribution in [3.63, 3.8) is 0 Å². The fourth-order valence-electron chi connectivity index (χ4n) is 2.45.